The number of fused-ring (bicyclic) bond motifs is 2. The predicted molar refractivity (Wildman–Crippen MR) is 138 cm³/mol. The van der Waals surface area contributed by atoms with E-state index in [0.717, 1.165) is 38.4 Å². The van der Waals surface area contributed by atoms with Gasteiger partial charge in [-0.25, -0.2) is 9.78 Å². The van der Waals surface area contributed by atoms with Crippen molar-refractivity contribution >= 4 is 39.4 Å². The number of para-hydroxylation sites is 1. The summed E-state index contributed by atoms with van der Waals surface area (Å²) in [7, 11) is 0. The van der Waals surface area contributed by atoms with E-state index in [9.17, 15) is 9.59 Å². The number of hydrogen-bond donors (Lipinski definition) is 0. The minimum absolute atomic E-state index is 0.0188. The molecule has 0 saturated carbocycles. The lowest BCUT2D eigenvalue weighted by molar-refractivity contribution is 0.0995. The van der Waals surface area contributed by atoms with Gasteiger partial charge < -0.3 is 4.74 Å². The number of rotatable bonds is 5. The molecule has 35 heavy (non-hydrogen) atoms. The van der Waals surface area contributed by atoms with Crippen LogP contribution in [0.3, 0.4) is 0 Å². The molecule has 0 spiro atoms. The maximum Gasteiger partial charge on any atom is 0.415 e. The number of hydrogen-bond acceptors (Lipinski definition) is 4. The van der Waals surface area contributed by atoms with Crippen molar-refractivity contribution in [1.82, 2.24) is 4.98 Å². The molecule has 6 rings (SSSR count). The van der Waals surface area contributed by atoms with Crippen LogP contribution in [-0.2, 0) is 11.2 Å². The van der Waals surface area contributed by atoms with Gasteiger partial charge in [0.05, 0.1) is 12.1 Å². The largest absolute Gasteiger partial charge is 0.447 e. The Morgan fingerprint density at radius 1 is 0.829 bits per heavy atom. The van der Waals surface area contributed by atoms with E-state index in [2.05, 4.69) is 0 Å². The topological polar surface area (TPSA) is 59.5 Å². The molecule has 1 aliphatic heterocycles. The first-order chi connectivity index (χ1) is 17.2. The average molecular weight is 459 g/mol. The van der Waals surface area contributed by atoms with Gasteiger partial charge in [0.1, 0.15) is 12.4 Å². The van der Waals surface area contributed by atoms with Gasteiger partial charge in [0.15, 0.2) is 5.78 Å². The number of ether oxygens (including phenoxy) is 1. The highest BCUT2D eigenvalue weighted by atomic mass is 16.6. The predicted octanol–water partition coefficient (Wildman–Crippen LogP) is 6.44. The Balaban J connectivity index is 1.59. The normalized spacial score (nSPS) is 13.4. The van der Waals surface area contributed by atoms with E-state index in [4.69, 9.17) is 9.72 Å². The Kier molecular flexibility index (Phi) is 5.23. The zero-order valence-corrected chi connectivity index (χ0v) is 19.0. The van der Waals surface area contributed by atoms with Crippen molar-refractivity contribution < 1.29 is 14.3 Å². The molecule has 1 fully saturated rings. The van der Waals surface area contributed by atoms with E-state index in [0.29, 0.717) is 24.5 Å². The number of carbonyl (C=O) groups excluding carboxylic acids is 2. The monoisotopic (exact) mass is 458 g/mol. The third-order valence-electron chi connectivity index (χ3n) is 6.49. The van der Waals surface area contributed by atoms with Gasteiger partial charge in [-0.3, -0.25) is 9.69 Å². The third-order valence-corrected chi connectivity index (χ3v) is 6.49. The minimum Gasteiger partial charge on any atom is -0.447 e. The van der Waals surface area contributed by atoms with E-state index in [-0.39, 0.29) is 12.2 Å². The molecule has 170 valence electrons. The molecule has 0 aliphatic carbocycles. The van der Waals surface area contributed by atoms with Crippen LogP contribution in [0.5, 0.6) is 0 Å². The summed E-state index contributed by atoms with van der Waals surface area (Å²) in [6.45, 7) is 0.729. The standard InChI is InChI=1S/C30H22N2O3/c33-27(24-15-8-12-20-9-4-5-13-22(20)24)19-25-23-14-6-7-16-26(23)31-29(32-17-18-35-30(32)34)28(25)21-10-2-1-3-11-21/h1-16H,17-19H2. The molecule has 5 heteroatoms. The summed E-state index contributed by atoms with van der Waals surface area (Å²) in [6.07, 6.45) is -0.242. The summed E-state index contributed by atoms with van der Waals surface area (Å²) in [4.78, 5) is 32.9. The minimum atomic E-state index is -0.420. The first-order valence-electron chi connectivity index (χ1n) is 11.6. The first kappa shape index (κ1) is 21.1. The van der Waals surface area contributed by atoms with Crippen LogP contribution in [0.4, 0.5) is 10.6 Å². The SMILES string of the molecule is O=C(Cc1c(-c2ccccc2)c(N2CCOC2=O)nc2ccccc12)c1cccc2ccccc12. The number of carbonyl (C=O) groups is 2. The molecule has 4 aromatic carbocycles. The molecule has 0 unspecified atom stereocenters. The highest BCUT2D eigenvalue weighted by Gasteiger charge is 2.30. The van der Waals surface area contributed by atoms with Crippen molar-refractivity contribution in [2.45, 2.75) is 6.42 Å². The van der Waals surface area contributed by atoms with Gasteiger partial charge in [-0.05, 0) is 28.0 Å². The molecule has 0 radical (unpaired) electrons. The van der Waals surface area contributed by atoms with Gasteiger partial charge >= 0.3 is 6.09 Å². The molecule has 5 nitrogen and oxygen atoms in total. The molecule has 1 saturated heterocycles. The van der Waals surface area contributed by atoms with E-state index in [1.165, 1.54) is 0 Å². The Hall–Kier alpha value is -4.51. The fraction of sp³-hybridized carbons (Fsp3) is 0.100. The number of pyridine rings is 1. The van der Waals surface area contributed by atoms with Crippen molar-refractivity contribution in [3.63, 3.8) is 0 Å². The summed E-state index contributed by atoms with van der Waals surface area (Å²) in [6, 6.07) is 31.3. The third kappa shape index (κ3) is 3.71. The van der Waals surface area contributed by atoms with E-state index in [1.54, 1.807) is 4.90 Å². The zero-order valence-electron chi connectivity index (χ0n) is 19.0. The van der Waals surface area contributed by atoms with Crippen LogP contribution in [-0.4, -0.2) is 30.0 Å². The molecule has 0 N–H and O–H groups in total. The summed E-state index contributed by atoms with van der Waals surface area (Å²) >= 11 is 0. The Morgan fingerprint density at radius 3 is 2.34 bits per heavy atom. The van der Waals surface area contributed by atoms with Crippen LogP contribution < -0.4 is 4.90 Å². The van der Waals surface area contributed by atoms with Gasteiger partial charge in [-0.1, -0.05) is 91.0 Å². The second-order valence-electron chi connectivity index (χ2n) is 8.56. The molecule has 0 bridgehead atoms. The average Bonchev–Trinajstić information content (AvgIpc) is 3.34. The number of cyclic esters (lactones) is 1. The molecule has 1 aliphatic rings. The smallest absolute Gasteiger partial charge is 0.415 e. The molecular weight excluding hydrogens is 436 g/mol. The van der Waals surface area contributed by atoms with Crippen molar-refractivity contribution in [1.29, 1.82) is 0 Å². The van der Waals surface area contributed by atoms with Crippen molar-refractivity contribution in [3.05, 3.63) is 108 Å². The Morgan fingerprint density at radius 2 is 1.54 bits per heavy atom. The quantitative estimate of drug-likeness (QED) is 0.285. The number of anilines is 1. The van der Waals surface area contributed by atoms with Crippen molar-refractivity contribution in [3.8, 4) is 11.1 Å². The number of benzene rings is 4. The number of Topliss-reactive ketones (excluding diaryl/α,β-unsaturated/α-hetero) is 1. The molecular formula is C30H22N2O3. The van der Waals surface area contributed by atoms with Crippen molar-refractivity contribution in [2.24, 2.45) is 0 Å². The van der Waals surface area contributed by atoms with Crippen LogP contribution >= 0.6 is 0 Å². The Bertz CT molecular complexity index is 1590. The van der Waals surface area contributed by atoms with Crippen molar-refractivity contribution in [2.75, 3.05) is 18.1 Å². The van der Waals surface area contributed by atoms with Crippen LogP contribution in [0, 0.1) is 0 Å². The second-order valence-corrected chi connectivity index (χ2v) is 8.56. The van der Waals surface area contributed by atoms with Crippen LogP contribution in [0.25, 0.3) is 32.8 Å². The molecule has 2 heterocycles. The summed E-state index contributed by atoms with van der Waals surface area (Å²) in [5, 5.41) is 2.86. The van der Waals surface area contributed by atoms with Crippen LogP contribution in [0.15, 0.2) is 97.1 Å². The first-order valence-corrected chi connectivity index (χ1v) is 11.6. The number of nitrogens with zero attached hydrogens (tertiary/aromatic N) is 2. The summed E-state index contributed by atoms with van der Waals surface area (Å²) in [5.41, 5.74) is 3.97. The van der Waals surface area contributed by atoms with Crippen LogP contribution in [0.2, 0.25) is 0 Å². The number of ketones is 1. The summed E-state index contributed by atoms with van der Waals surface area (Å²) < 4.78 is 5.24. The lowest BCUT2D eigenvalue weighted by Gasteiger charge is -2.21. The Labute approximate surface area is 202 Å². The van der Waals surface area contributed by atoms with Gasteiger partial charge in [0, 0.05) is 22.9 Å². The molecule has 1 aromatic heterocycles. The lowest BCUT2D eigenvalue weighted by atomic mass is 9.90. The lowest BCUT2D eigenvalue weighted by Crippen LogP contribution is -2.26. The van der Waals surface area contributed by atoms with Crippen LogP contribution in [0.1, 0.15) is 15.9 Å². The summed E-state index contributed by atoms with van der Waals surface area (Å²) in [5.74, 6) is 0.545. The maximum atomic E-state index is 13.8. The number of amides is 1. The highest BCUT2D eigenvalue weighted by molar-refractivity contribution is 6.11. The fourth-order valence-electron chi connectivity index (χ4n) is 4.86. The number of aromatic nitrogens is 1. The second kappa shape index (κ2) is 8.69. The van der Waals surface area contributed by atoms with E-state index < -0.39 is 6.09 Å². The van der Waals surface area contributed by atoms with Gasteiger partial charge in [0.2, 0.25) is 0 Å². The maximum absolute atomic E-state index is 13.8. The van der Waals surface area contributed by atoms with Gasteiger partial charge in [-0.15, -0.1) is 0 Å². The van der Waals surface area contributed by atoms with E-state index >= 15 is 0 Å². The fourth-order valence-corrected chi connectivity index (χ4v) is 4.86. The van der Waals surface area contributed by atoms with Gasteiger partial charge in [0.25, 0.3) is 0 Å². The van der Waals surface area contributed by atoms with Gasteiger partial charge in [-0.2, -0.15) is 0 Å². The highest BCUT2D eigenvalue weighted by Crippen LogP contribution is 2.39. The molecule has 0 atom stereocenters. The zero-order chi connectivity index (χ0) is 23.8. The van der Waals surface area contributed by atoms with E-state index in [1.807, 2.05) is 97.1 Å². The molecule has 1 amide bonds. The molecule has 5 aromatic rings.